The summed E-state index contributed by atoms with van der Waals surface area (Å²) in [6.07, 6.45) is 2.91. The highest BCUT2D eigenvalue weighted by molar-refractivity contribution is 6.00. The molecule has 0 aliphatic carbocycles. The molecule has 1 aromatic carbocycles. The molecule has 1 N–H and O–H groups in total. The van der Waals surface area contributed by atoms with Crippen LogP contribution < -0.4 is 0 Å². The average molecular weight is 301 g/mol. The number of furan rings is 1. The van der Waals surface area contributed by atoms with E-state index in [0.717, 1.165) is 46.9 Å². The van der Waals surface area contributed by atoms with Gasteiger partial charge < -0.3 is 14.4 Å². The highest BCUT2D eigenvalue weighted by Crippen LogP contribution is 2.31. The Morgan fingerprint density at radius 1 is 1.27 bits per heavy atom. The Hall–Kier alpha value is -1.81. The van der Waals surface area contributed by atoms with Gasteiger partial charge in [0.15, 0.2) is 5.76 Å². The quantitative estimate of drug-likeness (QED) is 0.925. The molecule has 1 atom stereocenters. The van der Waals surface area contributed by atoms with Gasteiger partial charge in [0.2, 0.25) is 0 Å². The summed E-state index contributed by atoms with van der Waals surface area (Å²) in [7, 11) is 0. The molecule has 0 saturated carbocycles. The van der Waals surface area contributed by atoms with E-state index in [4.69, 9.17) is 4.42 Å². The van der Waals surface area contributed by atoms with Crippen molar-refractivity contribution in [2.75, 3.05) is 13.2 Å². The van der Waals surface area contributed by atoms with E-state index in [2.05, 4.69) is 6.07 Å². The van der Waals surface area contributed by atoms with Crippen LogP contribution in [0.1, 0.15) is 46.5 Å². The number of carbonyl (C=O) groups is 1. The number of nitrogens with zero attached hydrogens (tertiary/aromatic N) is 1. The van der Waals surface area contributed by atoms with Crippen molar-refractivity contribution in [1.29, 1.82) is 0 Å². The predicted octanol–water partition coefficient (Wildman–Crippen LogP) is 3.35. The van der Waals surface area contributed by atoms with Crippen molar-refractivity contribution in [3.63, 3.8) is 0 Å². The average Bonchev–Trinajstić information content (AvgIpc) is 2.88. The first kappa shape index (κ1) is 15.1. The summed E-state index contributed by atoms with van der Waals surface area (Å²) in [6.45, 7) is 6.71. The van der Waals surface area contributed by atoms with Gasteiger partial charge in [0, 0.05) is 17.5 Å². The predicted molar refractivity (Wildman–Crippen MR) is 86.2 cm³/mol. The van der Waals surface area contributed by atoms with Crippen molar-refractivity contribution in [2.45, 2.75) is 46.1 Å². The van der Waals surface area contributed by atoms with Gasteiger partial charge in [-0.15, -0.1) is 0 Å². The molecule has 3 rings (SSSR count). The number of aryl methyl sites for hydroxylation is 3. The Balaban J connectivity index is 2.04. The largest absolute Gasteiger partial charge is 0.450 e. The maximum atomic E-state index is 12.9. The summed E-state index contributed by atoms with van der Waals surface area (Å²) in [5.41, 5.74) is 3.94. The third-order valence-corrected chi connectivity index (χ3v) is 4.92. The number of amides is 1. The Morgan fingerprint density at radius 2 is 2.05 bits per heavy atom. The van der Waals surface area contributed by atoms with Crippen LogP contribution in [0.3, 0.4) is 0 Å². The highest BCUT2D eigenvalue weighted by Gasteiger charge is 2.30. The number of carbonyl (C=O) groups excluding carboxylic acids is 1. The lowest BCUT2D eigenvalue weighted by atomic mass is 10.0. The molecule has 1 aliphatic rings. The van der Waals surface area contributed by atoms with Gasteiger partial charge in [0.1, 0.15) is 5.58 Å². The van der Waals surface area contributed by atoms with Gasteiger partial charge in [-0.1, -0.05) is 12.1 Å². The van der Waals surface area contributed by atoms with Gasteiger partial charge in [-0.25, -0.2) is 0 Å². The number of aliphatic hydroxyl groups excluding tert-OH is 1. The number of fused-ring (bicyclic) bond motifs is 1. The molecule has 4 nitrogen and oxygen atoms in total. The minimum absolute atomic E-state index is 0.0170. The van der Waals surface area contributed by atoms with Gasteiger partial charge in [0.05, 0.1) is 12.6 Å². The van der Waals surface area contributed by atoms with E-state index in [9.17, 15) is 9.90 Å². The minimum Gasteiger partial charge on any atom is -0.450 e. The summed E-state index contributed by atoms with van der Waals surface area (Å²) in [4.78, 5) is 14.7. The first-order valence-electron chi connectivity index (χ1n) is 7.95. The van der Waals surface area contributed by atoms with Crippen molar-refractivity contribution >= 4 is 16.9 Å². The molecular formula is C18H23NO3. The lowest BCUT2D eigenvalue weighted by Gasteiger charge is -2.34. The Morgan fingerprint density at radius 3 is 2.77 bits per heavy atom. The smallest absolute Gasteiger partial charge is 0.290 e. The van der Waals surface area contributed by atoms with Crippen LogP contribution in [0, 0.1) is 20.8 Å². The van der Waals surface area contributed by atoms with Crippen molar-refractivity contribution in [3.8, 4) is 0 Å². The van der Waals surface area contributed by atoms with Crippen LogP contribution in [0.5, 0.6) is 0 Å². The molecule has 0 radical (unpaired) electrons. The van der Waals surface area contributed by atoms with Gasteiger partial charge in [0.25, 0.3) is 5.91 Å². The maximum Gasteiger partial charge on any atom is 0.290 e. The number of hydrogen-bond acceptors (Lipinski definition) is 3. The van der Waals surface area contributed by atoms with E-state index >= 15 is 0 Å². The maximum absolute atomic E-state index is 12.9. The molecule has 4 heteroatoms. The van der Waals surface area contributed by atoms with E-state index in [0.29, 0.717) is 12.3 Å². The summed E-state index contributed by atoms with van der Waals surface area (Å²) in [5, 5.41) is 10.5. The van der Waals surface area contributed by atoms with E-state index in [1.54, 1.807) is 4.90 Å². The summed E-state index contributed by atoms with van der Waals surface area (Å²) >= 11 is 0. The molecule has 2 heterocycles. The fraction of sp³-hybridized carbons (Fsp3) is 0.500. The molecule has 22 heavy (non-hydrogen) atoms. The van der Waals surface area contributed by atoms with Crippen LogP contribution in [-0.4, -0.2) is 35.1 Å². The van der Waals surface area contributed by atoms with E-state index in [1.807, 2.05) is 26.8 Å². The van der Waals surface area contributed by atoms with Crippen molar-refractivity contribution < 1.29 is 14.3 Å². The van der Waals surface area contributed by atoms with Crippen LogP contribution in [0.25, 0.3) is 11.0 Å². The van der Waals surface area contributed by atoms with Crippen molar-refractivity contribution in [3.05, 3.63) is 34.6 Å². The van der Waals surface area contributed by atoms with Gasteiger partial charge in [-0.05, 0) is 51.2 Å². The van der Waals surface area contributed by atoms with Gasteiger partial charge in [-0.3, -0.25) is 4.79 Å². The van der Waals surface area contributed by atoms with Crippen molar-refractivity contribution in [1.82, 2.24) is 4.90 Å². The SMILES string of the molecule is Cc1ccc2c(C)c(C(=O)N3CCCC[C@@H]3CO)oc2c1C. The van der Waals surface area contributed by atoms with Gasteiger partial charge in [-0.2, -0.15) is 0 Å². The van der Waals surface area contributed by atoms with Crippen LogP contribution in [0.15, 0.2) is 16.5 Å². The summed E-state index contributed by atoms with van der Waals surface area (Å²) in [5.74, 6) is 0.327. The van der Waals surface area contributed by atoms with Crippen molar-refractivity contribution in [2.24, 2.45) is 0 Å². The zero-order chi connectivity index (χ0) is 15.9. The zero-order valence-corrected chi connectivity index (χ0v) is 13.5. The normalized spacial score (nSPS) is 18.9. The molecule has 1 saturated heterocycles. The van der Waals surface area contributed by atoms with E-state index in [1.165, 1.54) is 0 Å². The van der Waals surface area contributed by atoms with Crippen LogP contribution >= 0.6 is 0 Å². The number of likely N-dealkylation sites (tertiary alicyclic amines) is 1. The molecular weight excluding hydrogens is 278 g/mol. The first-order valence-corrected chi connectivity index (χ1v) is 7.95. The second-order valence-corrected chi connectivity index (χ2v) is 6.27. The summed E-state index contributed by atoms with van der Waals surface area (Å²) in [6, 6.07) is 4.00. The Labute approximate surface area is 130 Å². The topological polar surface area (TPSA) is 53.7 Å². The highest BCUT2D eigenvalue weighted by atomic mass is 16.3. The number of rotatable bonds is 2. The second-order valence-electron chi connectivity index (χ2n) is 6.27. The molecule has 118 valence electrons. The zero-order valence-electron chi connectivity index (χ0n) is 13.5. The molecule has 0 bridgehead atoms. The molecule has 1 aliphatic heterocycles. The molecule has 1 aromatic heterocycles. The summed E-state index contributed by atoms with van der Waals surface area (Å²) < 4.78 is 5.95. The fourth-order valence-corrected chi connectivity index (χ4v) is 3.31. The lowest BCUT2D eigenvalue weighted by molar-refractivity contribution is 0.0474. The Kier molecular flexibility index (Phi) is 3.96. The number of aliphatic hydroxyl groups is 1. The first-order chi connectivity index (χ1) is 10.5. The molecule has 2 aromatic rings. The second kappa shape index (κ2) is 5.76. The van der Waals surface area contributed by atoms with E-state index < -0.39 is 0 Å². The number of hydrogen-bond donors (Lipinski definition) is 1. The third kappa shape index (κ3) is 2.31. The minimum atomic E-state index is -0.0931. The molecule has 1 amide bonds. The molecule has 0 unspecified atom stereocenters. The van der Waals surface area contributed by atoms with E-state index in [-0.39, 0.29) is 18.6 Å². The number of piperidine rings is 1. The third-order valence-electron chi connectivity index (χ3n) is 4.92. The standard InChI is InChI=1S/C18H23NO3/c1-11-7-8-15-13(3)17(22-16(15)12(11)2)18(21)19-9-5-4-6-14(19)10-20/h7-8,14,20H,4-6,9-10H2,1-3H3/t14-/m1/s1. The van der Waals surface area contributed by atoms with Crippen LogP contribution in [0.4, 0.5) is 0 Å². The molecule has 1 fully saturated rings. The monoisotopic (exact) mass is 301 g/mol. The Bertz CT molecular complexity index is 717. The van der Waals surface area contributed by atoms with Crippen LogP contribution in [-0.2, 0) is 0 Å². The molecule has 0 spiro atoms. The van der Waals surface area contributed by atoms with Crippen LogP contribution in [0.2, 0.25) is 0 Å². The number of benzene rings is 1. The lowest BCUT2D eigenvalue weighted by Crippen LogP contribution is -2.45. The fourth-order valence-electron chi connectivity index (χ4n) is 3.31. The van der Waals surface area contributed by atoms with Gasteiger partial charge >= 0.3 is 0 Å².